The zero-order chi connectivity index (χ0) is 11.3. The molecule has 7 heteroatoms. The van der Waals surface area contributed by atoms with Gasteiger partial charge in [0.1, 0.15) is 6.20 Å². The van der Waals surface area contributed by atoms with E-state index in [4.69, 9.17) is 9.62 Å². The van der Waals surface area contributed by atoms with E-state index in [1.807, 2.05) is 0 Å². The molecule has 0 aliphatic heterocycles. The Morgan fingerprint density at radius 1 is 1.73 bits per heavy atom. The van der Waals surface area contributed by atoms with Crippen molar-refractivity contribution in [3.63, 3.8) is 0 Å². The molecule has 0 spiro atoms. The van der Waals surface area contributed by atoms with Gasteiger partial charge in [0.2, 0.25) is 5.89 Å². The van der Waals surface area contributed by atoms with Crippen molar-refractivity contribution in [3.8, 4) is 0 Å². The van der Waals surface area contributed by atoms with Crippen molar-refractivity contribution in [2.24, 2.45) is 0 Å². The Kier molecular flexibility index (Phi) is 4.22. The molecule has 80 valence electrons. The molecule has 0 amide bonds. The van der Waals surface area contributed by atoms with Gasteiger partial charge in [-0.25, -0.2) is 15.1 Å². The average Bonchev–Trinajstić information content (AvgIpc) is 2.61. The number of nitrogens with one attached hydrogen (secondary N) is 1. The highest BCUT2D eigenvalue weighted by Crippen LogP contribution is 2.16. The number of quaternary nitrogens is 1. The number of aromatic amines is 1. The fraction of sp³-hybridized carbons (Fsp3) is 0. The molecule has 1 aromatic heterocycles. The number of hydrogen-bond acceptors (Lipinski definition) is 4. The van der Waals surface area contributed by atoms with Crippen LogP contribution in [0, 0.1) is 0 Å². The zero-order valence-corrected chi connectivity index (χ0v) is 9.19. The summed E-state index contributed by atoms with van der Waals surface area (Å²) in [5, 5.41) is 14.3. The predicted octanol–water partition coefficient (Wildman–Crippen LogP) is 0.121. The Morgan fingerprint density at radius 2 is 2.47 bits per heavy atom. The smallest absolute Gasteiger partial charge is 0.388 e. The summed E-state index contributed by atoms with van der Waals surface area (Å²) in [6, 6.07) is 0. The quantitative estimate of drug-likeness (QED) is 0.537. The minimum absolute atomic E-state index is 0.137. The maximum atomic E-state index is 10.7. The molecule has 0 bridgehead atoms. The molecule has 0 saturated carbocycles. The first-order chi connectivity index (χ1) is 7.17. The SMILES string of the molecule is C=C/C(=C\C(Br)=C/[NH2+]O)c1n[nH]c(=O)o1. The number of rotatable bonds is 4. The third kappa shape index (κ3) is 3.31. The number of nitrogens with zero attached hydrogens (tertiary/aromatic N) is 1. The van der Waals surface area contributed by atoms with Crippen LogP contribution in [0.5, 0.6) is 0 Å². The topological polar surface area (TPSA) is 95.7 Å². The fourth-order valence-electron chi connectivity index (χ4n) is 0.829. The molecule has 0 fully saturated rings. The lowest BCUT2D eigenvalue weighted by atomic mass is 10.2. The van der Waals surface area contributed by atoms with E-state index in [0.717, 1.165) is 5.48 Å². The van der Waals surface area contributed by atoms with Gasteiger partial charge < -0.3 is 4.42 Å². The molecule has 1 heterocycles. The largest absolute Gasteiger partial charge is 0.434 e. The van der Waals surface area contributed by atoms with E-state index >= 15 is 0 Å². The summed E-state index contributed by atoms with van der Waals surface area (Å²) in [5.41, 5.74) is 1.39. The van der Waals surface area contributed by atoms with Gasteiger partial charge >= 0.3 is 5.76 Å². The van der Waals surface area contributed by atoms with Crippen LogP contribution in [0.15, 0.2) is 38.6 Å². The second-order valence-electron chi connectivity index (χ2n) is 2.42. The standard InChI is InChI=1S/C8H8BrN3O3/c1-2-5(3-6(9)4-10-14)7-11-12-8(13)15-7/h2-4,10,14H,1H2,(H,12,13)/p+1/b5-3+,6-4+. The Balaban J connectivity index is 3.04. The summed E-state index contributed by atoms with van der Waals surface area (Å²) in [6.07, 6.45) is 4.48. The minimum Gasteiger partial charge on any atom is -0.388 e. The van der Waals surface area contributed by atoms with Crippen molar-refractivity contribution < 1.29 is 15.1 Å². The number of hydroxylamine groups is 1. The molecule has 0 radical (unpaired) electrons. The molecule has 1 rings (SSSR count). The maximum absolute atomic E-state index is 10.7. The second-order valence-corrected chi connectivity index (χ2v) is 3.34. The molecule has 1 aromatic rings. The third-order valence-corrected chi connectivity index (χ3v) is 1.93. The maximum Gasteiger partial charge on any atom is 0.434 e. The molecule has 0 saturated heterocycles. The Labute approximate surface area is 93.1 Å². The van der Waals surface area contributed by atoms with E-state index in [1.54, 1.807) is 6.08 Å². The van der Waals surface area contributed by atoms with E-state index in [-0.39, 0.29) is 5.89 Å². The number of H-pyrrole nitrogens is 1. The lowest BCUT2D eigenvalue weighted by molar-refractivity contribution is -0.838. The summed E-state index contributed by atoms with van der Waals surface area (Å²) >= 11 is 3.17. The van der Waals surface area contributed by atoms with Gasteiger partial charge in [0.25, 0.3) is 0 Å². The monoisotopic (exact) mass is 274 g/mol. The van der Waals surface area contributed by atoms with Crippen LogP contribution in [0.4, 0.5) is 0 Å². The summed E-state index contributed by atoms with van der Waals surface area (Å²) in [5.74, 6) is -0.495. The molecule has 6 nitrogen and oxygen atoms in total. The van der Waals surface area contributed by atoms with Gasteiger partial charge in [0, 0.05) is 5.57 Å². The van der Waals surface area contributed by atoms with Gasteiger partial charge in [-0.05, 0) is 22.0 Å². The van der Waals surface area contributed by atoms with E-state index in [0.29, 0.717) is 10.1 Å². The van der Waals surface area contributed by atoms with Gasteiger partial charge in [-0.1, -0.05) is 12.7 Å². The number of halogens is 1. The Bertz CT molecular complexity index is 458. The highest BCUT2D eigenvalue weighted by atomic mass is 79.9. The highest BCUT2D eigenvalue weighted by Gasteiger charge is 2.05. The molecule has 0 aliphatic carbocycles. The summed E-state index contributed by atoms with van der Waals surface area (Å²) in [6.45, 7) is 3.55. The summed E-state index contributed by atoms with van der Waals surface area (Å²) in [4.78, 5) is 10.7. The van der Waals surface area contributed by atoms with E-state index in [2.05, 4.69) is 32.7 Å². The molecule has 0 unspecified atom stereocenters. The minimum atomic E-state index is -0.633. The van der Waals surface area contributed by atoms with Crippen LogP contribution in [-0.2, 0) is 0 Å². The van der Waals surface area contributed by atoms with Crippen molar-refractivity contribution in [1.82, 2.24) is 10.2 Å². The van der Waals surface area contributed by atoms with Gasteiger partial charge in [0.05, 0.1) is 4.48 Å². The lowest BCUT2D eigenvalue weighted by Crippen LogP contribution is -2.73. The number of aromatic nitrogens is 2. The van der Waals surface area contributed by atoms with E-state index < -0.39 is 5.76 Å². The van der Waals surface area contributed by atoms with Gasteiger partial charge in [-0.15, -0.1) is 5.10 Å². The van der Waals surface area contributed by atoms with E-state index in [9.17, 15) is 4.79 Å². The molecular formula is C8H9BrN3O3+. The van der Waals surface area contributed by atoms with Gasteiger partial charge in [-0.3, -0.25) is 0 Å². The first kappa shape index (κ1) is 11.6. The third-order valence-electron chi connectivity index (χ3n) is 1.43. The zero-order valence-electron chi connectivity index (χ0n) is 7.61. The lowest BCUT2D eigenvalue weighted by Gasteiger charge is -1.93. The fourth-order valence-corrected chi connectivity index (χ4v) is 1.19. The molecule has 4 N–H and O–H groups in total. The van der Waals surface area contributed by atoms with Crippen molar-refractivity contribution in [3.05, 3.63) is 45.9 Å². The molecule has 15 heavy (non-hydrogen) atoms. The van der Waals surface area contributed by atoms with Crippen LogP contribution in [0.3, 0.4) is 0 Å². The summed E-state index contributed by atoms with van der Waals surface area (Å²) in [7, 11) is 0. The Morgan fingerprint density at radius 3 is 2.93 bits per heavy atom. The number of nitrogens with two attached hydrogens (primary N) is 1. The number of hydrogen-bond donors (Lipinski definition) is 3. The molecular weight excluding hydrogens is 266 g/mol. The van der Waals surface area contributed by atoms with Crippen LogP contribution in [-0.4, -0.2) is 15.4 Å². The Hall–Kier alpha value is -1.44. The number of allylic oxidation sites excluding steroid dienone is 4. The van der Waals surface area contributed by atoms with Gasteiger partial charge in [0.15, 0.2) is 0 Å². The van der Waals surface area contributed by atoms with Crippen LogP contribution < -0.4 is 11.2 Å². The van der Waals surface area contributed by atoms with Gasteiger partial charge in [-0.2, -0.15) is 5.48 Å². The molecule has 0 aliphatic rings. The second kappa shape index (κ2) is 5.44. The van der Waals surface area contributed by atoms with Crippen LogP contribution in [0.2, 0.25) is 0 Å². The summed E-state index contributed by atoms with van der Waals surface area (Å²) < 4.78 is 5.32. The van der Waals surface area contributed by atoms with Crippen molar-refractivity contribution in [1.29, 1.82) is 0 Å². The predicted molar refractivity (Wildman–Crippen MR) is 56.0 cm³/mol. The normalized spacial score (nSPS) is 12.9. The average molecular weight is 275 g/mol. The molecule has 0 aromatic carbocycles. The first-order valence-electron chi connectivity index (χ1n) is 3.90. The van der Waals surface area contributed by atoms with Crippen LogP contribution >= 0.6 is 15.9 Å². The van der Waals surface area contributed by atoms with E-state index in [1.165, 1.54) is 12.3 Å². The highest BCUT2D eigenvalue weighted by molar-refractivity contribution is 9.11. The van der Waals surface area contributed by atoms with Crippen LogP contribution in [0.1, 0.15) is 5.89 Å². The first-order valence-corrected chi connectivity index (χ1v) is 4.70. The molecule has 0 atom stereocenters. The van der Waals surface area contributed by atoms with Crippen molar-refractivity contribution >= 4 is 21.5 Å². The van der Waals surface area contributed by atoms with Crippen molar-refractivity contribution in [2.45, 2.75) is 0 Å². The van der Waals surface area contributed by atoms with Crippen molar-refractivity contribution in [2.75, 3.05) is 0 Å². The van der Waals surface area contributed by atoms with Crippen LogP contribution in [0.25, 0.3) is 5.57 Å².